The number of aromatic nitrogens is 1. The topological polar surface area (TPSA) is 113 Å². The maximum Gasteiger partial charge on any atom is 0.410 e. The third kappa shape index (κ3) is 7.93. The summed E-state index contributed by atoms with van der Waals surface area (Å²) in [7, 11) is 0. The van der Waals surface area contributed by atoms with Gasteiger partial charge in [0, 0.05) is 31.4 Å². The minimum Gasteiger partial charge on any atom is -0.444 e. The van der Waals surface area contributed by atoms with Crippen molar-refractivity contribution >= 4 is 29.9 Å². The van der Waals surface area contributed by atoms with Crippen molar-refractivity contribution in [1.29, 1.82) is 0 Å². The van der Waals surface area contributed by atoms with Crippen LogP contribution in [0.2, 0.25) is 0 Å². The van der Waals surface area contributed by atoms with Crippen molar-refractivity contribution < 1.29 is 28.8 Å². The number of hydrogen-bond donors (Lipinski definition) is 0. The lowest BCUT2D eigenvalue weighted by molar-refractivity contribution is -0.275. The van der Waals surface area contributed by atoms with Gasteiger partial charge in [0.05, 0.1) is 12.2 Å². The van der Waals surface area contributed by atoms with E-state index in [2.05, 4.69) is 4.98 Å². The number of pyridine rings is 1. The highest BCUT2D eigenvalue weighted by molar-refractivity contribution is 5.95. The van der Waals surface area contributed by atoms with E-state index in [4.69, 9.17) is 9.57 Å². The monoisotopic (exact) mass is 597 g/mol. The van der Waals surface area contributed by atoms with E-state index in [1.54, 1.807) is 34.2 Å². The SMILES string of the molecule is CC(C)C[C@H]1ON(C(=O)/C=C/c2ccccn2)[C@H]2CN(C3CCN(C(=O)OC(C)(C)C)CC3)C(=O)[C@H](CC(C)C)N2C1=O. The largest absolute Gasteiger partial charge is 0.444 e. The summed E-state index contributed by atoms with van der Waals surface area (Å²) in [4.78, 5) is 69.9. The molecule has 0 radical (unpaired) electrons. The van der Waals surface area contributed by atoms with Gasteiger partial charge in [-0.15, -0.1) is 0 Å². The van der Waals surface area contributed by atoms with Gasteiger partial charge in [0.25, 0.3) is 11.8 Å². The molecule has 0 N–H and O–H groups in total. The van der Waals surface area contributed by atoms with Crippen LogP contribution in [0.25, 0.3) is 6.08 Å². The first-order chi connectivity index (χ1) is 20.2. The Balaban J connectivity index is 1.61. The quantitative estimate of drug-likeness (QED) is 0.435. The van der Waals surface area contributed by atoms with Crippen LogP contribution in [0.5, 0.6) is 0 Å². The van der Waals surface area contributed by atoms with Crippen molar-refractivity contribution in [3.05, 3.63) is 36.2 Å². The van der Waals surface area contributed by atoms with Crippen LogP contribution in [0.1, 0.15) is 79.8 Å². The van der Waals surface area contributed by atoms with Crippen LogP contribution in [0, 0.1) is 11.8 Å². The van der Waals surface area contributed by atoms with Gasteiger partial charge >= 0.3 is 6.09 Å². The molecule has 0 saturated carbocycles. The molecule has 11 nitrogen and oxygen atoms in total. The Labute approximate surface area is 255 Å². The molecule has 4 rings (SSSR count). The number of hydrogen-bond acceptors (Lipinski definition) is 7. The molecular formula is C32H47N5O6. The Bertz CT molecular complexity index is 1190. The molecule has 0 spiro atoms. The number of piperazine rings is 1. The molecule has 3 aliphatic rings. The number of carbonyl (C=O) groups excluding carboxylic acids is 4. The van der Waals surface area contributed by atoms with E-state index < -0.39 is 29.8 Å². The Morgan fingerprint density at radius 3 is 2.30 bits per heavy atom. The summed E-state index contributed by atoms with van der Waals surface area (Å²) in [5.74, 6) is -0.511. The highest BCUT2D eigenvalue weighted by atomic mass is 16.7. The zero-order valence-corrected chi connectivity index (χ0v) is 26.6. The normalized spacial score (nSPS) is 23.9. The van der Waals surface area contributed by atoms with Crippen LogP contribution in [0.15, 0.2) is 30.5 Å². The molecule has 3 saturated heterocycles. The molecule has 43 heavy (non-hydrogen) atoms. The number of piperidine rings is 1. The van der Waals surface area contributed by atoms with Gasteiger partial charge in [-0.2, -0.15) is 5.06 Å². The Kier molecular flexibility index (Phi) is 10.1. The number of rotatable bonds is 7. The van der Waals surface area contributed by atoms with Gasteiger partial charge in [0.15, 0.2) is 12.3 Å². The second-order valence-electron chi connectivity index (χ2n) is 13.5. The molecule has 3 fully saturated rings. The number of ether oxygens (including phenoxy) is 1. The van der Waals surface area contributed by atoms with Crippen LogP contribution in [-0.4, -0.2) is 98.2 Å². The van der Waals surface area contributed by atoms with Crippen LogP contribution in [-0.2, 0) is 24.0 Å². The minimum absolute atomic E-state index is 0.115. The third-order valence-electron chi connectivity index (χ3n) is 7.87. The van der Waals surface area contributed by atoms with Crippen LogP contribution in [0.4, 0.5) is 4.79 Å². The molecule has 3 atom stereocenters. The first-order valence-corrected chi connectivity index (χ1v) is 15.4. The standard InChI is InChI=1S/C32H47N5O6/c1-21(2)18-25-29(39)35(24-13-16-34(17-14-24)31(41)42-32(5,6)7)20-27-36(25)30(40)26(19-22(3)4)43-37(27)28(38)12-11-23-10-8-9-15-33-23/h8-12,15,21-22,24-27H,13-14,16-20H2,1-7H3/b12-11+/t25-,26+,27-/m0/s1. The predicted octanol–water partition coefficient (Wildman–Crippen LogP) is 4.09. The minimum atomic E-state index is -0.866. The van der Waals surface area contributed by atoms with Crippen molar-refractivity contribution in [1.82, 2.24) is 24.7 Å². The second-order valence-corrected chi connectivity index (χ2v) is 13.5. The van der Waals surface area contributed by atoms with Gasteiger partial charge in [-0.05, 0) is 76.5 Å². The Morgan fingerprint density at radius 2 is 1.72 bits per heavy atom. The molecule has 4 heterocycles. The average Bonchev–Trinajstić information content (AvgIpc) is 2.93. The average molecular weight is 598 g/mol. The first kappa shape index (κ1) is 32.4. The Morgan fingerprint density at radius 1 is 1.05 bits per heavy atom. The van der Waals surface area contributed by atoms with Crippen LogP contribution >= 0.6 is 0 Å². The maximum absolute atomic E-state index is 14.1. The highest BCUT2D eigenvalue weighted by Gasteiger charge is 2.53. The van der Waals surface area contributed by atoms with E-state index in [0.717, 1.165) is 0 Å². The lowest BCUT2D eigenvalue weighted by Gasteiger charge is -2.55. The van der Waals surface area contributed by atoms with Gasteiger partial charge in [0.2, 0.25) is 5.91 Å². The molecule has 11 heteroatoms. The van der Waals surface area contributed by atoms with Gasteiger partial charge in [-0.25, -0.2) is 4.79 Å². The van der Waals surface area contributed by atoms with Crippen LogP contribution in [0.3, 0.4) is 0 Å². The van der Waals surface area contributed by atoms with E-state index in [9.17, 15) is 19.2 Å². The zero-order valence-electron chi connectivity index (χ0n) is 26.6. The number of likely N-dealkylation sites (tertiary alicyclic amines) is 1. The zero-order chi connectivity index (χ0) is 31.5. The lowest BCUT2D eigenvalue weighted by Crippen LogP contribution is -2.74. The summed E-state index contributed by atoms with van der Waals surface area (Å²) in [6, 6.07) is 4.56. The molecule has 3 aliphatic heterocycles. The molecule has 1 aromatic heterocycles. The van der Waals surface area contributed by atoms with Gasteiger partial charge in [0.1, 0.15) is 11.6 Å². The fourth-order valence-corrected chi connectivity index (χ4v) is 5.93. The van der Waals surface area contributed by atoms with Gasteiger partial charge < -0.3 is 19.4 Å². The van der Waals surface area contributed by atoms with E-state index in [0.29, 0.717) is 44.5 Å². The van der Waals surface area contributed by atoms with Gasteiger partial charge in [-0.3, -0.25) is 24.2 Å². The number of fused-ring (bicyclic) bond motifs is 1. The van der Waals surface area contributed by atoms with Crippen molar-refractivity contribution in [3.63, 3.8) is 0 Å². The van der Waals surface area contributed by atoms with Crippen molar-refractivity contribution in [2.24, 2.45) is 11.8 Å². The summed E-state index contributed by atoms with van der Waals surface area (Å²) in [5, 5.41) is 1.29. The van der Waals surface area contributed by atoms with Crippen molar-refractivity contribution in [2.75, 3.05) is 19.6 Å². The summed E-state index contributed by atoms with van der Waals surface area (Å²) in [5.41, 5.74) is 0.0288. The molecule has 0 aromatic carbocycles. The fourth-order valence-electron chi connectivity index (χ4n) is 5.93. The number of hydroxylamine groups is 2. The summed E-state index contributed by atoms with van der Waals surface area (Å²) < 4.78 is 5.55. The molecular weight excluding hydrogens is 550 g/mol. The number of nitrogens with zero attached hydrogens (tertiary/aromatic N) is 5. The van der Waals surface area contributed by atoms with E-state index in [1.165, 1.54) is 11.1 Å². The summed E-state index contributed by atoms with van der Waals surface area (Å²) in [6.45, 7) is 14.6. The third-order valence-corrected chi connectivity index (χ3v) is 7.87. The first-order valence-electron chi connectivity index (χ1n) is 15.4. The number of carbonyl (C=O) groups is 4. The smallest absolute Gasteiger partial charge is 0.410 e. The molecule has 0 bridgehead atoms. The predicted molar refractivity (Wildman–Crippen MR) is 161 cm³/mol. The molecule has 0 unspecified atom stereocenters. The molecule has 236 valence electrons. The fraction of sp³-hybridized carbons (Fsp3) is 0.656. The van der Waals surface area contributed by atoms with E-state index in [-0.39, 0.29) is 42.3 Å². The molecule has 0 aliphatic carbocycles. The highest BCUT2D eigenvalue weighted by Crippen LogP contribution is 2.34. The maximum atomic E-state index is 14.1. The van der Waals surface area contributed by atoms with E-state index in [1.807, 2.05) is 59.4 Å². The van der Waals surface area contributed by atoms with Crippen LogP contribution < -0.4 is 0 Å². The van der Waals surface area contributed by atoms with Gasteiger partial charge in [-0.1, -0.05) is 33.8 Å². The molecule has 4 amide bonds. The van der Waals surface area contributed by atoms with E-state index >= 15 is 0 Å². The molecule has 1 aromatic rings. The van der Waals surface area contributed by atoms with Crippen molar-refractivity contribution in [3.8, 4) is 0 Å². The van der Waals surface area contributed by atoms with Crippen molar-refractivity contribution in [2.45, 2.75) is 104 Å². The number of amides is 4. The summed E-state index contributed by atoms with van der Waals surface area (Å²) in [6.07, 6.45) is 4.70. The second kappa shape index (κ2) is 13.4. The Hall–Kier alpha value is -3.47. The lowest BCUT2D eigenvalue weighted by atomic mass is 9.93. The summed E-state index contributed by atoms with van der Waals surface area (Å²) >= 11 is 0.